The van der Waals surface area contributed by atoms with Crippen LogP contribution in [-0.4, -0.2) is 38.0 Å². The molecule has 1 aliphatic carbocycles. The third kappa shape index (κ3) is 6.49. The first-order valence-electron chi connectivity index (χ1n) is 8.70. The molecule has 2 rings (SSSR count). The topological polar surface area (TPSA) is 62.6 Å². The second kappa shape index (κ2) is 9.41. The molecule has 0 spiro atoms. The molecule has 25 heavy (non-hydrogen) atoms. The third-order valence-corrected chi connectivity index (χ3v) is 5.32. The molecule has 1 unspecified atom stereocenters. The molecule has 1 aliphatic rings. The van der Waals surface area contributed by atoms with Crippen LogP contribution in [0, 0.1) is 5.92 Å². The van der Waals surface area contributed by atoms with Gasteiger partial charge in [-0.2, -0.15) is 0 Å². The molecule has 1 saturated carbocycles. The maximum Gasteiger partial charge on any atom is 0.279 e. The zero-order valence-electron chi connectivity index (χ0n) is 14.7. The number of quaternary nitrogens is 1. The summed E-state index contributed by atoms with van der Waals surface area (Å²) in [4.78, 5) is 25.1. The lowest BCUT2D eigenvalue weighted by atomic mass is 9.86. The molecule has 0 heterocycles. The SMILES string of the molecule is C[C@@H]1CCCC[C@@H]1NC(=O)C[NH+](C)CC(=O)Nc1ccc(Cl)c(Cl)c1. The number of carbonyl (C=O) groups excluding carboxylic acids is 2. The molecule has 138 valence electrons. The van der Waals surface area contributed by atoms with Gasteiger partial charge in [0.05, 0.1) is 17.1 Å². The summed E-state index contributed by atoms with van der Waals surface area (Å²) in [7, 11) is 1.83. The molecule has 0 aromatic heterocycles. The molecule has 3 atom stereocenters. The maximum absolute atomic E-state index is 12.2. The van der Waals surface area contributed by atoms with Crippen LogP contribution in [0.3, 0.4) is 0 Å². The average Bonchev–Trinajstić information content (AvgIpc) is 2.52. The Morgan fingerprint density at radius 1 is 1.12 bits per heavy atom. The van der Waals surface area contributed by atoms with Crippen molar-refractivity contribution in [1.29, 1.82) is 0 Å². The Balaban J connectivity index is 1.76. The van der Waals surface area contributed by atoms with Gasteiger partial charge in [-0.25, -0.2) is 0 Å². The van der Waals surface area contributed by atoms with Crippen LogP contribution in [-0.2, 0) is 9.59 Å². The second-order valence-electron chi connectivity index (χ2n) is 6.92. The van der Waals surface area contributed by atoms with Gasteiger partial charge in [-0.15, -0.1) is 0 Å². The van der Waals surface area contributed by atoms with E-state index in [2.05, 4.69) is 17.6 Å². The van der Waals surface area contributed by atoms with Crippen molar-refractivity contribution in [2.75, 3.05) is 25.5 Å². The van der Waals surface area contributed by atoms with E-state index in [4.69, 9.17) is 23.2 Å². The van der Waals surface area contributed by atoms with Crippen LogP contribution in [0.2, 0.25) is 10.0 Å². The number of carbonyl (C=O) groups is 2. The number of anilines is 1. The van der Waals surface area contributed by atoms with Gasteiger partial charge in [-0.3, -0.25) is 9.59 Å². The minimum Gasteiger partial charge on any atom is -0.348 e. The van der Waals surface area contributed by atoms with Crippen molar-refractivity contribution in [2.24, 2.45) is 5.92 Å². The molecule has 0 aliphatic heterocycles. The Morgan fingerprint density at radius 3 is 2.48 bits per heavy atom. The molecule has 1 aromatic carbocycles. The number of likely N-dealkylation sites (N-methyl/N-ethyl adjacent to an activating group) is 1. The summed E-state index contributed by atoms with van der Waals surface area (Å²) in [6, 6.07) is 5.20. The van der Waals surface area contributed by atoms with E-state index in [9.17, 15) is 9.59 Å². The highest BCUT2D eigenvalue weighted by atomic mass is 35.5. The van der Waals surface area contributed by atoms with Gasteiger partial charge in [-0.1, -0.05) is 43.0 Å². The number of nitrogens with one attached hydrogen (secondary N) is 3. The number of rotatable bonds is 6. The predicted molar refractivity (Wildman–Crippen MR) is 101 cm³/mol. The van der Waals surface area contributed by atoms with Gasteiger partial charge < -0.3 is 15.5 Å². The molecule has 0 radical (unpaired) electrons. The fourth-order valence-corrected chi connectivity index (χ4v) is 3.48. The highest BCUT2D eigenvalue weighted by molar-refractivity contribution is 6.42. The molecular weight excluding hydrogens is 361 g/mol. The number of hydrogen-bond acceptors (Lipinski definition) is 2. The maximum atomic E-state index is 12.2. The lowest BCUT2D eigenvalue weighted by Crippen LogP contribution is -3.11. The molecular formula is C18H26Cl2N3O2+. The monoisotopic (exact) mass is 386 g/mol. The molecule has 3 N–H and O–H groups in total. The standard InChI is InChI=1S/C18H25Cl2N3O2/c1-12-5-3-4-6-16(12)22-18(25)11-23(2)10-17(24)21-13-7-8-14(19)15(20)9-13/h7-9,12,16H,3-6,10-11H2,1-2H3,(H,21,24)(H,22,25)/p+1/t12-,16+/m1/s1. The minimum absolute atomic E-state index is 0.00131. The van der Waals surface area contributed by atoms with Crippen molar-refractivity contribution < 1.29 is 14.5 Å². The van der Waals surface area contributed by atoms with Crippen molar-refractivity contribution in [3.8, 4) is 0 Å². The Morgan fingerprint density at radius 2 is 1.80 bits per heavy atom. The van der Waals surface area contributed by atoms with E-state index in [0.717, 1.165) is 11.3 Å². The summed E-state index contributed by atoms with van der Waals surface area (Å²) in [6.07, 6.45) is 4.63. The van der Waals surface area contributed by atoms with Crippen molar-refractivity contribution in [1.82, 2.24) is 5.32 Å². The second-order valence-corrected chi connectivity index (χ2v) is 7.74. The smallest absolute Gasteiger partial charge is 0.279 e. The van der Waals surface area contributed by atoms with Gasteiger partial charge in [0.2, 0.25) is 0 Å². The quantitative estimate of drug-likeness (QED) is 0.701. The summed E-state index contributed by atoms with van der Waals surface area (Å²) in [5.74, 6) is 0.351. The summed E-state index contributed by atoms with van der Waals surface area (Å²) < 4.78 is 0. The number of amides is 2. The van der Waals surface area contributed by atoms with E-state index >= 15 is 0 Å². The molecule has 5 nitrogen and oxygen atoms in total. The fraction of sp³-hybridized carbons (Fsp3) is 0.556. The third-order valence-electron chi connectivity index (χ3n) is 4.59. The first-order valence-corrected chi connectivity index (χ1v) is 9.46. The van der Waals surface area contributed by atoms with Gasteiger partial charge >= 0.3 is 0 Å². The van der Waals surface area contributed by atoms with Crippen LogP contribution in [0.25, 0.3) is 0 Å². The zero-order valence-corrected chi connectivity index (χ0v) is 16.2. The lowest BCUT2D eigenvalue weighted by Gasteiger charge is -2.29. The van der Waals surface area contributed by atoms with Crippen LogP contribution < -0.4 is 15.5 Å². The normalized spacial score (nSPS) is 21.4. The molecule has 2 amide bonds. The Labute approximate surface area is 159 Å². The van der Waals surface area contributed by atoms with Crippen LogP contribution in [0.1, 0.15) is 32.6 Å². The summed E-state index contributed by atoms with van der Waals surface area (Å²) in [6.45, 7) is 2.66. The Bertz CT molecular complexity index is 624. The van der Waals surface area contributed by atoms with E-state index in [0.29, 0.717) is 21.7 Å². The number of hydrogen-bond donors (Lipinski definition) is 3. The van der Waals surface area contributed by atoms with E-state index in [1.807, 2.05) is 7.05 Å². The van der Waals surface area contributed by atoms with Crippen molar-refractivity contribution in [3.63, 3.8) is 0 Å². The van der Waals surface area contributed by atoms with Gasteiger partial charge in [0.1, 0.15) is 0 Å². The van der Waals surface area contributed by atoms with Crippen LogP contribution in [0.5, 0.6) is 0 Å². The molecule has 7 heteroatoms. The highest BCUT2D eigenvalue weighted by Gasteiger charge is 2.24. The van der Waals surface area contributed by atoms with Crippen LogP contribution in [0.15, 0.2) is 18.2 Å². The molecule has 0 saturated heterocycles. The minimum atomic E-state index is -0.172. The largest absolute Gasteiger partial charge is 0.348 e. The molecule has 0 bridgehead atoms. The number of benzene rings is 1. The van der Waals surface area contributed by atoms with Gasteiger partial charge in [0.25, 0.3) is 11.8 Å². The molecule has 1 aromatic rings. The zero-order chi connectivity index (χ0) is 18.4. The summed E-state index contributed by atoms with van der Waals surface area (Å²) in [5.41, 5.74) is 0.590. The average molecular weight is 387 g/mol. The number of halogens is 2. The first-order chi connectivity index (χ1) is 11.8. The van der Waals surface area contributed by atoms with Gasteiger partial charge in [0, 0.05) is 11.7 Å². The summed E-state index contributed by atoms with van der Waals surface area (Å²) in [5, 5.41) is 6.71. The van der Waals surface area contributed by atoms with Gasteiger partial charge in [0.15, 0.2) is 13.1 Å². The lowest BCUT2D eigenvalue weighted by molar-refractivity contribution is -0.862. The van der Waals surface area contributed by atoms with E-state index in [1.165, 1.54) is 19.3 Å². The summed E-state index contributed by atoms with van der Waals surface area (Å²) >= 11 is 11.8. The molecule has 1 fully saturated rings. The highest BCUT2D eigenvalue weighted by Crippen LogP contribution is 2.25. The Kier molecular flexibility index (Phi) is 7.54. The van der Waals surface area contributed by atoms with Gasteiger partial charge in [-0.05, 0) is 37.0 Å². The van der Waals surface area contributed by atoms with Crippen molar-refractivity contribution >= 4 is 40.7 Å². The van der Waals surface area contributed by atoms with E-state index in [1.54, 1.807) is 18.2 Å². The predicted octanol–water partition coefficient (Wildman–Crippen LogP) is 2.14. The van der Waals surface area contributed by atoms with Crippen molar-refractivity contribution in [2.45, 2.75) is 38.6 Å². The van der Waals surface area contributed by atoms with Crippen LogP contribution >= 0.6 is 23.2 Å². The first kappa shape index (κ1) is 20.0. The van der Waals surface area contributed by atoms with E-state index < -0.39 is 0 Å². The van der Waals surface area contributed by atoms with Crippen LogP contribution in [0.4, 0.5) is 5.69 Å². The fourth-order valence-electron chi connectivity index (χ4n) is 3.18. The van der Waals surface area contributed by atoms with E-state index in [-0.39, 0.29) is 30.9 Å². The van der Waals surface area contributed by atoms with Crippen molar-refractivity contribution in [3.05, 3.63) is 28.2 Å². The Hall–Kier alpha value is -1.30.